The lowest BCUT2D eigenvalue weighted by atomic mass is 10.0. The van der Waals surface area contributed by atoms with E-state index in [1.165, 1.54) is 38.4 Å². The van der Waals surface area contributed by atoms with E-state index in [0.717, 1.165) is 11.1 Å². The Bertz CT molecular complexity index is 1400. The number of ketones is 1. The second kappa shape index (κ2) is 14.3. The first-order chi connectivity index (χ1) is 20.3. The molecule has 1 aliphatic heterocycles. The zero-order chi connectivity index (χ0) is 30.1. The summed E-state index contributed by atoms with van der Waals surface area (Å²) in [6, 6.07) is 9.80. The molecule has 1 aromatic carbocycles. The Morgan fingerprint density at radius 2 is 1.50 bits per heavy atom. The molecule has 0 saturated carbocycles. The topological polar surface area (TPSA) is 125 Å². The van der Waals surface area contributed by atoms with Crippen LogP contribution < -0.4 is 14.2 Å². The number of Topliss-reactive ketones (excluding diaryl/α,β-unsaturated/α-hetero) is 1. The summed E-state index contributed by atoms with van der Waals surface area (Å²) >= 11 is 0. The molecule has 4 rings (SSSR count). The first-order valence-electron chi connectivity index (χ1n) is 13.9. The van der Waals surface area contributed by atoms with Gasteiger partial charge in [-0.25, -0.2) is 8.42 Å². The molecule has 0 spiro atoms. The Hall–Kier alpha value is -3.99. The molecule has 224 valence electrons. The summed E-state index contributed by atoms with van der Waals surface area (Å²) in [6.07, 6.45) is 9.98. The largest absolute Gasteiger partial charge is 0.493 e. The molecule has 0 unspecified atom stereocenters. The van der Waals surface area contributed by atoms with Gasteiger partial charge in [0.15, 0.2) is 21.3 Å². The van der Waals surface area contributed by atoms with Crippen LogP contribution in [0, 0.1) is 0 Å². The van der Waals surface area contributed by atoms with Gasteiger partial charge in [-0.1, -0.05) is 12.1 Å². The van der Waals surface area contributed by atoms with Gasteiger partial charge in [-0.2, -0.15) is 0 Å². The van der Waals surface area contributed by atoms with Gasteiger partial charge in [0, 0.05) is 42.9 Å². The molecule has 11 heteroatoms. The van der Waals surface area contributed by atoms with E-state index in [9.17, 15) is 18.0 Å². The molecule has 0 aliphatic carbocycles. The number of pyridine rings is 2. The predicted octanol–water partition coefficient (Wildman–Crippen LogP) is 3.73. The summed E-state index contributed by atoms with van der Waals surface area (Å²) in [4.78, 5) is 36.5. The predicted molar refractivity (Wildman–Crippen MR) is 158 cm³/mol. The van der Waals surface area contributed by atoms with E-state index >= 15 is 0 Å². The molecule has 0 bridgehead atoms. The minimum absolute atomic E-state index is 0.0776. The van der Waals surface area contributed by atoms with Gasteiger partial charge in [0.1, 0.15) is 0 Å². The molecular formula is C31H37N3O7S. The Balaban J connectivity index is 1.51. The summed E-state index contributed by atoms with van der Waals surface area (Å²) in [5.74, 6) is -0.908. The van der Waals surface area contributed by atoms with Crippen LogP contribution in [0.1, 0.15) is 47.2 Å². The molecule has 2 aromatic heterocycles. The Kier molecular flexibility index (Phi) is 10.5. The second-order valence-electron chi connectivity index (χ2n) is 10.3. The fraction of sp³-hybridized carbons (Fsp3) is 0.419. The zero-order valence-electron chi connectivity index (χ0n) is 24.2. The molecule has 3 heterocycles. The molecule has 1 atom stereocenters. The zero-order valence-corrected chi connectivity index (χ0v) is 25.0. The van der Waals surface area contributed by atoms with Crippen molar-refractivity contribution in [2.24, 2.45) is 0 Å². The number of likely N-dealkylation sites (tertiary alicyclic amines) is 1. The Morgan fingerprint density at radius 3 is 1.98 bits per heavy atom. The van der Waals surface area contributed by atoms with Gasteiger partial charge in [-0.15, -0.1) is 0 Å². The Morgan fingerprint density at radius 1 is 0.929 bits per heavy atom. The number of methoxy groups -OCH3 is 3. The second-order valence-corrected chi connectivity index (χ2v) is 12.6. The summed E-state index contributed by atoms with van der Waals surface area (Å²) < 4.78 is 43.7. The van der Waals surface area contributed by atoms with Crippen LogP contribution in [0.25, 0.3) is 0 Å². The van der Waals surface area contributed by atoms with Crippen LogP contribution in [0.4, 0.5) is 0 Å². The number of nitrogens with zero attached hydrogens (tertiary/aromatic N) is 3. The van der Waals surface area contributed by atoms with Crippen molar-refractivity contribution in [2.45, 2.75) is 49.8 Å². The SMILES string of the molecule is COc1cc(C(=O)C(=O)N2CCC[C@H]2CS(=O)(=O)C(CCc2cccnc2)CCc2cccnc2)cc(OC)c1OC. The van der Waals surface area contributed by atoms with Crippen molar-refractivity contribution >= 4 is 21.5 Å². The van der Waals surface area contributed by atoms with E-state index < -0.39 is 32.8 Å². The molecule has 1 aliphatic rings. The first kappa shape index (κ1) is 31.0. The smallest absolute Gasteiger partial charge is 0.295 e. The van der Waals surface area contributed by atoms with Gasteiger partial charge in [-0.05, 0) is 73.9 Å². The lowest BCUT2D eigenvalue weighted by molar-refractivity contribution is -0.126. The van der Waals surface area contributed by atoms with Crippen molar-refractivity contribution in [2.75, 3.05) is 33.6 Å². The van der Waals surface area contributed by atoms with Crippen molar-refractivity contribution in [3.8, 4) is 17.2 Å². The third kappa shape index (κ3) is 7.44. The summed E-state index contributed by atoms with van der Waals surface area (Å²) in [6.45, 7) is 0.311. The van der Waals surface area contributed by atoms with Crippen molar-refractivity contribution in [1.82, 2.24) is 14.9 Å². The van der Waals surface area contributed by atoms with Crippen molar-refractivity contribution < 1.29 is 32.2 Å². The van der Waals surface area contributed by atoms with Crippen LogP contribution >= 0.6 is 0 Å². The summed E-state index contributed by atoms with van der Waals surface area (Å²) in [5, 5.41) is -0.624. The number of carbonyl (C=O) groups excluding carboxylic acids is 2. The van der Waals surface area contributed by atoms with Crippen molar-refractivity contribution in [1.29, 1.82) is 0 Å². The van der Waals surface area contributed by atoms with Crippen LogP contribution in [-0.2, 0) is 27.5 Å². The van der Waals surface area contributed by atoms with Crippen LogP contribution in [0.3, 0.4) is 0 Å². The van der Waals surface area contributed by atoms with Crippen LogP contribution in [0.15, 0.2) is 61.2 Å². The van der Waals surface area contributed by atoms with E-state index in [1.54, 1.807) is 24.8 Å². The minimum atomic E-state index is -3.64. The summed E-state index contributed by atoms with van der Waals surface area (Å²) in [5.41, 5.74) is 2.01. The maximum absolute atomic E-state index is 13.9. The van der Waals surface area contributed by atoms with Gasteiger partial charge in [0.2, 0.25) is 5.75 Å². The third-order valence-electron chi connectivity index (χ3n) is 7.65. The average molecular weight is 596 g/mol. The normalized spacial score (nSPS) is 15.0. The number of rotatable bonds is 14. The number of sulfone groups is 1. The lowest BCUT2D eigenvalue weighted by Gasteiger charge is -2.26. The summed E-state index contributed by atoms with van der Waals surface area (Å²) in [7, 11) is 0.660. The number of ether oxygens (including phenoxy) is 3. The van der Waals surface area contributed by atoms with Crippen molar-refractivity contribution in [3.63, 3.8) is 0 Å². The van der Waals surface area contributed by atoms with E-state index in [0.29, 0.717) is 50.8 Å². The van der Waals surface area contributed by atoms with Gasteiger partial charge < -0.3 is 19.1 Å². The van der Waals surface area contributed by atoms with E-state index in [4.69, 9.17) is 14.2 Å². The van der Waals surface area contributed by atoms with Crippen LogP contribution in [-0.4, -0.2) is 79.9 Å². The number of hydrogen-bond donors (Lipinski definition) is 0. The molecule has 0 radical (unpaired) electrons. The number of carbonyl (C=O) groups is 2. The molecule has 42 heavy (non-hydrogen) atoms. The lowest BCUT2D eigenvalue weighted by Crippen LogP contribution is -2.44. The van der Waals surface area contributed by atoms with Gasteiger partial charge in [-0.3, -0.25) is 19.6 Å². The first-order valence-corrected chi connectivity index (χ1v) is 15.6. The third-order valence-corrected chi connectivity index (χ3v) is 9.98. The maximum Gasteiger partial charge on any atom is 0.295 e. The molecule has 10 nitrogen and oxygen atoms in total. The highest BCUT2D eigenvalue weighted by Crippen LogP contribution is 2.38. The van der Waals surface area contributed by atoms with Crippen molar-refractivity contribution in [3.05, 3.63) is 77.9 Å². The average Bonchev–Trinajstić information content (AvgIpc) is 3.47. The van der Waals surface area contributed by atoms with E-state index in [2.05, 4.69) is 9.97 Å². The Labute approximate surface area is 247 Å². The van der Waals surface area contributed by atoms with Gasteiger partial charge in [0.25, 0.3) is 11.7 Å². The molecule has 0 N–H and O–H groups in total. The fourth-order valence-corrected chi connectivity index (χ4v) is 7.51. The molecule has 3 aromatic rings. The quantitative estimate of drug-likeness (QED) is 0.202. The van der Waals surface area contributed by atoms with E-state index in [1.807, 2.05) is 24.3 Å². The molecule has 1 fully saturated rings. The number of aryl methyl sites for hydroxylation is 2. The highest BCUT2D eigenvalue weighted by atomic mass is 32.2. The number of benzene rings is 1. The maximum atomic E-state index is 13.9. The van der Waals surface area contributed by atoms with Crippen LogP contribution in [0.5, 0.6) is 17.2 Å². The molecule has 1 saturated heterocycles. The van der Waals surface area contributed by atoms with Gasteiger partial charge >= 0.3 is 0 Å². The standard InChI is InChI=1S/C31H37N3O7S/c1-39-27-17-24(18-28(40-2)30(27)41-3)29(35)31(36)34-16-6-9-25(34)21-42(37,38)26(12-10-22-7-4-14-32-19-22)13-11-23-8-5-15-33-20-23/h4-5,7-8,14-15,17-20,25-26H,6,9-13,16,21H2,1-3H3/t25-/m0/s1. The number of aromatic nitrogens is 2. The highest BCUT2D eigenvalue weighted by Gasteiger charge is 2.38. The monoisotopic (exact) mass is 595 g/mol. The number of hydrogen-bond acceptors (Lipinski definition) is 9. The fourth-order valence-electron chi connectivity index (χ4n) is 5.40. The minimum Gasteiger partial charge on any atom is -0.493 e. The van der Waals surface area contributed by atoms with E-state index in [-0.39, 0.29) is 22.8 Å². The van der Waals surface area contributed by atoms with Gasteiger partial charge in [0.05, 0.1) is 32.3 Å². The van der Waals surface area contributed by atoms with Crippen LogP contribution in [0.2, 0.25) is 0 Å². The number of amides is 1. The molecule has 1 amide bonds. The molecular weight excluding hydrogens is 558 g/mol. The highest BCUT2D eigenvalue weighted by molar-refractivity contribution is 7.92.